The number of hydrogen-bond donors (Lipinski definition) is 2. The van der Waals surface area contributed by atoms with Gasteiger partial charge in [-0.25, -0.2) is 4.79 Å². The summed E-state index contributed by atoms with van der Waals surface area (Å²) in [7, 11) is 0. The maximum absolute atomic E-state index is 11.9. The molecule has 108 valence electrons. The summed E-state index contributed by atoms with van der Waals surface area (Å²) >= 11 is 0. The number of rotatable bonds is 5. The molecule has 0 aromatic carbocycles. The lowest BCUT2D eigenvalue weighted by Gasteiger charge is -2.20. The highest BCUT2D eigenvalue weighted by molar-refractivity contribution is 5.98. The van der Waals surface area contributed by atoms with E-state index in [4.69, 9.17) is 5.11 Å². The molecular formula is C14H18N2O4. The first-order valence-corrected chi connectivity index (χ1v) is 6.19. The molecule has 0 aliphatic carbocycles. The van der Waals surface area contributed by atoms with Gasteiger partial charge in [-0.15, -0.1) is 0 Å². The van der Waals surface area contributed by atoms with Crippen LogP contribution in [-0.4, -0.2) is 33.8 Å². The van der Waals surface area contributed by atoms with Crippen LogP contribution in [-0.2, 0) is 9.59 Å². The van der Waals surface area contributed by atoms with Crippen LogP contribution in [0.4, 0.5) is 0 Å². The minimum atomic E-state index is -1.23. The molecule has 0 saturated heterocycles. The summed E-state index contributed by atoms with van der Waals surface area (Å²) in [6, 6.07) is 1.71. The van der Waals surface area contributed by atoms with Crippen LogP contribution < -0.4 is 5.32 Å². The van der Waals surface area contributed by atoms with E-state index in [0.717, 1.165) is 0 Å². The van der Waals surface area contributed by atoms with E-state index in [9.17, 15) is 14.4 Å². The predicted molar refractivity (Wildman–Crippen MR) is 72.2 cm³/mol. The van der Waals surface area contributed by atoms with Crippen LogP contribution in [0.25, 0.3) is 0 Å². The quantitative estimate of drug-likeness (QED) is 0.845. The Hall–Kier alpha value is -2.24. The molecule has 0 aliphatic heterocycles. The molecule has 0 saturated carbocycles. The molecule has 0 radical (unpaired) electrons. The van der Waals surface area contributed by atoms with Crippen molar-refractivity contribution in [2.24, 2.45) is 5.41 Å². The van der Waals surface area contributed by atoms with Gasteiger partial charge in [0.05, 0.1) is 0 Å². The number of carboxylic acid groups (broad SMARTS) is 1. The summed E-state index contributed by atoms with van der Waals surface area (Å²) in [4.78, 5) is 38.7. The minimum absolute atomic E-state index is 0.222. The minimum Gasteiger partial charge on any atom is -0.480 e. The van der Waals surface area contributed by atoms with Crippen LogP contribution in [0.3, 0.4) is 0 Å². The zero-order valence-electron chi connectivity index (χ0n) is 11.7. The Labute approximate surface area is 117 Å². The van der Waals surface area contributed by atoms with Gasteiger partial charge in [-0.3, -0.25) is 14.6 Å². The molecule has 1 aromatic rings. The lowest BCUT2D eigenvalue weighted by Crippen LogP contribution is -2.43. The van der Waals surface area contributed by atoms with Crippen molar-refractivity contribution in [3.05, 3.63) is 30.1 Å². The Balaban J connectivity index is 2.76. The number of ketones is 1. The average molecular weight is 278 g/mol. The normalized spacial score (nSPS) is 12.6. The topological polar surface area (TPSA) is 96.4 Å². The summed E-state index contributed by atoms with van der Waals surface area (Å²) in [5.74, 6) is -1.99. The summed E-state index contributed by atoms with van der Waals surface area (Å²) in [5.41, 5.74) is -0.343. The monoisotopic (exact) mass is 278 g/mol. The van der Waals surface area contributed by atoms with Gasteiger partial charge in [0, 0.05) is 29.8 Å². The molecule has 6 heteroatoms. The van der Waals surface area contributed by atoms with E-state index in [-0.39, 0.29) is 12.2 Å². The molecule has 0 aliphatic rings. The SMILES string of the molecule is CC(C)(C)C(=O)CC(NC(=O)c1ccncc1)C(=O)O. The van der Waals surface area contributed by atoms with Gasteiger partial charge in [-0.05, 0) is 12.1 Å². The van der Waals surface area contributed by atoms with E-state index in [1.165, 1.54) is 24.5 Å². The Kier molecular flexibility index (Phi) is 4.96. The molecule has 0 spiro atoms. The van der Waals surface area contributed by atoms with E-state index in [2.05, 4.69) is 10.3 Å². The Morgan fingerprint density at radius 3 is 2.25 bits per heavy atom. The van der Waals surface area contributed by atoms with Crippen LogP contribution >= 0.6 is 0 Å². The smallest absolute Gasteiger partial charge is 0.326 e. The van der Waals surface area contributed by atoms with Gasteiger partial charge < -0.3 is 10.4 Å². The molecular weight excluding hydrogens is 260 g/mol. The summed E-state index contributed by atoms with van der Waals surface area (Å²) in [5, 5.41) is 11.5. The average Bonchev–Trinajstić information content (AvgIpc) is 2.37. The third kappa shape index (κ3) is 4.46. The fourth-order valence-electron chi connectivity index (χ4n) is 1.44. The van der Waals surface area contributed by atoms with Crippen molar-refractivity contribution in [1.29, 1.82) is 0 Å². The second-order valence-corrected chi connectivity index (χ2v) is 5.48. The number of nitrogens with zero attached hydrogens (tertiary/aromatic N) is 1. The molecule has 0 fully saturated rings. The first-order chi connectivity index (χ1) is 9.21. The number of aliphatic carboxylic acids is 1. The molecule has 6 nitrogen and oxygen atoms in total. The summed E-state index contributed by atoms with van der Waals surface area (Å²) < 4.78 is 0. The second-order valence-electron chi connectivity index (χ2n) is 5.48. The molecule has 1 atom stereocenters. The van der Waals surface area contributed by atoms with Crippen molar-refractivity contribution < 1.29 is 19.5 Å². The van der Waals surface area contributed by atoms with Crippen LogP contribution in [0.2, 0.25) is 0 Å². The van der Waals surface area contributed by atoms with Gasteiger partial charge in [0.25, 0.3) is 5.91 Å². The standard InChI is InChI=1S/C14H18N2O4/c1-14(2,3)11(17)8-10(13(19)20)16-12(18)9-4-6-15-7-5-9/h4-7,10H,8H2,1-3H3,(H,16,18)(H,19,20). The number of pyridine rings is 1. The molecule has 1 rings (SSSR count). The van der Waals surface area contributed by atoms with Gasteiger partial charge in [0.1, 0.15) is 11.8 Å². The van der Waals surface area contributed by atoms with Crippen LogP contribution in [0.1, 0.15) is 37.6 Å². The highest BCUT2D eigenvalue weighted by Gasteiger charge is 2.29. The van der Waals surface area contributed by atoms with Crippen molar-refractivity contribution >= 4 is 17.7 Å². The van der Waals surface area contributed by atoms with E-state index in [1.807, 2.05) is 0 Å². The summed E-state index contributed by atoms with van der Waals surface area (Å²) in [6.07, 6.45) is 2.63. The van der Waals surface area contributed by atoms with Crippen LogP contribution in [0, 0.1) is 5.41 Å². The molecule has 1 heterocycles. The Bertz CT molecular complexity index is 506. The molecule has 20 heavy (non-hydrogen) atoms. The van der Waals surface area contributed by atoms with Crippen molar-refractivity contribution in [3.8, 4) is 0 Å². The molecule has 2 N–H and O–H groups in total. The highest BCUT2D eigenvalue weighted by Crippen LogP contribution is 2.18. The number of Topliss-reactive ketones (excluding diaryl/α,β-unsaturated/α-hetero) is 1. The van der Waals surface area contributed by atoms with Gasteiger partial charge in [0.15, 0.2) is 0 Å². The first-order valence-electron chi connectivity index (χ1n) is 6.19. The predicted octanol–water partition coefficient (Wildman–Crippen LogP) is 1.27. The third-order valence-electron chi connectivity index (χ3n) is 2.77. The Morgan fingerprint density at radius 1 is 1.25 bits per heavy atom. The second kappa shape index (κ2) is 6.27. The van der Waals surface area contributed by atoms with Crippen LogP contribution in [0.15, 0.2) is 24.5 Å². The number of nitrogens with one attached hydrogen (secondary N) is 1. The summed E-state index contributed by atoms with van der Waals surface area (Å²) in [6.45, 7) is 5.12. The Morgan fingerprint density at radius 2 is 1.80 bits per heavy atom. The van der Waals surface area contributed by atoms with E-state index in [1.54, 1.807) is 20.8 Å². The maximum atomic E-state index is 11.9. The van der Waals surface area contributed by atoms with Crippen molar-refractivity contribution in [1.82, 2.24) is 10.3 Å². The number of amides is 1. The van der Waals surface area contributed by atoms with Crippen molar-refractivity contribution in [2.75, 3.05) is 0 Å². The van der Waals surface area contributed by atoms with E-state index < -0.39 is 23.3 Å². The van der Waals surface area contributed by atoms with Gasteiger partial charge >= 0.3 is 5.97 Å². The van der Waals surface area contributed by atoms with E-state index in [0.29, 0.717) is 5.56 Å². The van der Waals surface area contributed by atoms with Crippen molar-refractivity contribution in [3.63, 3.8) is 0 Å². The third-order valence-corrected chi connectivity index (χ3v) is 2.77. The maximum Gasteiger partial charge on any atom is 0.326 e. The molecule has 1 aromatic heterocycles. The first kappa shape index (κ1) is 15.8. The number of carbonyl (C=O) groups excluding carboxylic acids is 2. The van der Waals surface area contributed by atoms with Gasteiger partial charge in [-0.1, -0.05) is 20.8 Å². The number of carboxylic acids is 1. The molecule has 1 amide bonds. The van der Waals surface area contributed by atoms with Crippen molar-refractivity contribution in [2.45, 2.75) is 33.2 Å². The molecule has 0 bridgehead atoms. The fourth-order valence-corrected chi connectivity index (χ4v) is 1.44. The zero-order valence-corrected chi connectivity index (χ0v) is 11.7. The van der Waals surface area contributed by atoms with Gasteiger partial charge in [0.2, 0.25) is 0 Å². The number of aromatic nitrogens is 1. The van der Waals surface area contributed by atoms with Gasteiger partial charge in [-0.2, -0.15) is 0 Å². The molecule has 1 unspecified atom stereocenters. The lowest BCUT2D eigenvalue weighted by molar-refractivity contribution is -0.142. The van der Waals surface area contributed by atoms with Crippen LogP contribution in [0.5, 0.6) is 0 Å². The number of carbonyl (C=O) groups is 3. The largest absolute Gasteiger partial charge is 0.480 e. The lowest BCUT2D eigenvalue weighted by atomic mass is 9.87. The van der Waals surface area contributed by atoms with E-state index >= 15 is 0 Å². The zero-order chi connectivity index (χ0) is 15.3. The highest BCUT2D eigenvalue weighted by atomic mass is 16.4. The fraction of sp³-hybridized carbons (Fsp3) is 0.429. The number of hydrogen-bond acceptors (Lipinski definition) is 4.